The molecule has 0 radical (unpaired) electrons. The molecule has 3 fully saturated rings. The van der Waals surface area contributed by atoms with Gasteiger partial charge in [-0.05, 0) is 33.6 Å². The van der Waals surface area contributed by atoms with Crippen molar-refractivity contribution in [3.63, 3.8) is 0 Å². The summed E-state index contributed by atoms with van der Waals surface area (Å²) in [6.07, 6.45) is -9.65. The molecule has 3 aliphatic heterocycles. The zero-order valence-electron chi connectivity index (χ0n) is 18.6. The second kappa shape index (κ2) is 9.88. The summed E-state index contributed by atoms with van der Waals surface area (Å²) in [7, 11) is 0. The van der Waals surface area contributed by atoms with Crippen molar-refractivity contribution in [3.8, 4) is 0 Å². The fourth-order valence-corrected chi connectivity index (χ4v) is 4.14. The van der Waals surface area contributed by atoms with Gasteiger partial charge < -0.3 is 54.3 Å². The monoisotopic (exact) mass is 464 g/mol. The molecule has 0 aromatic heterocycles. The van der Waals surface area contributed by atoms with Crippen LogP contribution in [-0.4, -0.2) is 116 Å². The summed E-state index contributed by atoms with van der Waals surface area (Å²) in [4.78, 5) is 0. The van der Waals surface area contributed by atoms with Crippen molar-refractivity contribution < 1.29 is 54.3 Å². The van der Waals surface area contributed by atoms with Crippen molar-refractivity contribution in [3.05, 3.63) is 12.7 Å². The first-order valence-electron chi connectivity index (χ1n) is 10.8. The molecule has 32 heavy (non-hydrogen) atoms. The molecule has 186 valence electrons. The Hall–Kier alpha value is -0.700. The summed E-state index contributed by atoms with van der Waals surface area (Å²) in [6, 6.07) is 0. The van der Waals surface area contributed by atoms with E-state index < -0.39 is 66.5 Å². The lowest BCUT2D eigenvalue weighted by Gasteiger charge is -2.44. The zero-order chi connectivity index (χ0) is 23.8. The summed E-state index contributed by atoms with van der Waals surface area (Å²) in [6.45, 7) is 8.70. The molecule has 0 bridgehead atoms. The molecule has 3 heterocycles. The smallest absolute Gasteiger partial charge is 0.187 e. The van der Waals surface area contributed by atoms with Gasteiger partial charge >= 0.3 is 0 Å². The summed E-state index contributed by atoms with van der Waals surface area (Å²) < 4.78 is 28.3. The third-order valence-corrected chi connectivity index (χ3v) is 6.49. The average Bonchev–Trinajstić information content (AvgIpc) is 3.16. The largest absolute Gasteiger partial charge is 0.388 e. The van der Waals surface area contributed by atoms with Crippen molar-refractivity contribution in [1.82, 2.24) is 0 Å². The van der Waals surface area contributed by atoms with Gasteiger partial charge in [-0.15, -0.1) is 6.58 Å². The summed E-state index contributed by atoms with van der Waals surface area (Å²) in [5.41, 5.74) is -1.38. The maximum absolute atomic E-state index is 10.4. The Morgan fingerprint density at radius 1 is 1.00 bits per heavy atom. The highest BCUT2D eigenvalue weighted by Gasteiger charge is 2.50. The second-order valence-electron chi connectivity index (χ2n) is 9.48. The number of hydrogen-bond donors (Lipinski definition) is 6. The highest BCUT2D eigenvalue weighted by molar-refractivity contribution is 5.02. The van der Waals surface area contributed by atoms with Crippen LogP contribution in [0.5, 0.6) is 0 Å². The van der Waals surface area contributed by atoms with Crippen LogP contribution in [0.25, 0.3) is 0 Å². The van der Waals surface area contributed by atoms with Crippen LogP contribution < -0.4 is 0 Å². The molecule has 11 heteroatoms. The SMILES string of the molecule is C=C[C@@]1(C)CC[C@@H](C(C)(C)O[C@@H]2O[C@H](CO[C@@H]3OC[C@@H](O)[C@H](O)[C@H]3O)[C@@H](O)[C@H](O)[C@H]2O)O1. The molecule has 11 nitrogen and oxygen atoms in total. The lowest BCUT2D eigenvalue weighted by atomic mass is 9.95. The normalized spacial score (nSPS) is 48.0. The van der Waals surface area contributed by atoms with Gasteiger partial charge in [-0.25, -0.2) is 0 Å². The Labute approximate surface area is 187 Å². The Morgan fingerprint density at radius 2 is 1.66 bits per heavy atom. The van der Waals surface area contributed by atoms with Gasteiger partial charge in [0.2, 0.25) is 0 Å². The Kier molecular flexibility index (Phi) is 8.00. The molecule has 11 atom stereocenters. The second-order valence-corrected chi connectivity index (χ2v) is 9.48. The molecule has 0 amide bonds. The van der Waals surface area contributed by atoms with Crippen LogP contribution in [0.2, 0.25) is 0 Å². The van der Waals surface area contributed by atoms with E-state index in [4.69, 9.17) is 23.7 Å². The van der Waals surface area contributed by atoms with Gasteiger partial charge in [0.15, 0.2) is 12.6 Å². The van der Waals surface area contributed by atoms with Crippen LogP contribution in [0.1, 0.15) is 33.6 Å². The van der Waals surface area contributed by atoms with E-state index in [2.05, 4.69) is 6.58 Å². The Bertz CT molecular complexity index is 645. The number of aliphatic hydroxyl groups is 6. The highest BCUT2D eigenvalue weighted by Crippen LogP contribution is 2.39. The van der Waals surface area contributed by atoms with Crippen molar-refractivity contribution in [2.24, 2.45) is 0 Å². The average molecular weight is 465 g/mol. The van der Waals surface area contributed by atoms with Crippen LogP contribution >= 0.6 is 0 Å². The lowest BCUT2D eigenvalue weighted by molar-refractivity contribution is -0.343. The van der Waals surface area contributed by atoms with E-state index in [1.165, 1.54) is 0 Å². The van der Waals surface area contributed by atoms with E-state index >= 15 is 0 Å². The molecule has 3 rings (SSSR count). The third-order valence-electron chi connectivity index (χ3n) is 6.49. The maximum atomic E-state index is 10.4. The summed E-state index contributed by atoms with van der Waals surface area (Å²) in [5, 5.41) is 60.3. The minimum Gasteiger partial charge on any atom is -0.388 e. The zero-order valence-corrected chi connectivity index (χ0v) is 18.6. The molecule has 0 spiro atoms. The standard InChI is InChI=1S/C21H36O11/c1-5-21(4)7-6-12(31-21)20(2,3)32-19-17(27)15(25)14(24)11(30-19)9-29-18-16(26)13(23)10(22)8-28-18/h5,10-19,22-27H,1,6-9H2,2-4H3/t10-,11-,12+,13+,14-,15+,16-,17-,18+,19+,21+/m1/s1. The van der Waals surface area contributed by atoms with Crippen molar-refractivity contribution in [2.45, 2.75) is 106 Å². The van der Waals surface area contributed by atoms with Gasteiger partial charge in [0.05, 0.1) is 30.5 Å². The topological polar surface area (TPSA) is 168 Å². The van der Waals surface area contributed by atoms with Gasteiger partial charge in [-0.2, -0.15) is 0 Å². The van der Waals surface area contributed by atoms with E-state index in [9.17, 15) is 30.6 Å². The molecule has 6 N–H and O–H groups in total. The quantitative estimate of drug-likeness (QED) is 0.234. The van der Waals surface area contributed by atoms with Crippen LogP contribution in [-0.2, 0) is 23.7 Å². The molecule has 3 aliphatic rings. The minimum absolute atomic E-state index is 0.247. The molecule has 3 saturated heterocycles. The lowest BCUT2D eigenvalue weighted by Crippen LogP contribution is -2.62. The molecule has 0 aliphatic carbocycles. The summed E-state index contributed by atoms with van der Waals surface area (Å²) >= 11 is 0. The van der Waals surface area contributed by atoms with Crippen LogP contribution in [0.4, 0.5) is 0 Å². The Balaban J connectivity index is 1.62. The third kappa shape index (κ3) is 5.34. The minimum atomic E-state index is -1.58. The van der Waals surface area contributed by atoms with E-state index in [1.54, 1.807) is 19.9 Å². The number of hydrogen-bond acceptors (Lipinski definition) is 11. The Morgan fingerprint density at radius 3 is 2.28 bits per heavy atom. The van der Waals surface area contributed by atoms with Gasteiger partial charge in [-0.1, -0.05) is 6.08 Å². The number of aliphatic hydroxyl groups excluding tert-OH is 6. The molecular formula is C21H36O11. The van der Waals surface area contributed by atoms with E-state index in [0.717, 1.165) is 6.42 Å². The van der Waals surface area contributed by atoms with Crippen molar-refractivity contribution in [2.75, 3.05) is 13.2 Å². The van der Waals surface area contributed by atoms with Crippen LogP contribution in [0.3, 0.4) is 0 Å². The van der Waals surface area contributed by atoms with Crippen LogP contribution in [0, 0.1) is 0 Å². The van der Waals surface area contributed by atoms with Gasteiger partial charge in [0.25, 0.3) is 0 Å². The van der Waals surface area contributed by atoms with E-state index in [-0.39, 0.29) is 19.3 Å². The maximum Gasteiger partial charge on any atom is 0.187 e. The highest BCUT2D eigenvalue weighted by atomic mass is 16.7. The van der Waals surface area contributed by atoms with Crippen LogP contribution in [0.15, 0.2) is 12.7 Å². The van der Waals surface area contributed by atoms with Gasteiger partial charge in [0, 0.05) is 0 Å². The first kappa shape index (κ1) is 25.9. The van der Waals surface area contributed by atoms with E-state index in [0.29, 0.717) is 6.42 Å². The van der Waals surface area contributed by atoms with Crippen molar-refractivity contribution >= 4 is 0 Å². The molecule has 0 aromatic carbocycles. The van der Waals surface area contributed by atoms with Gasteiger partial charge in [0.1, 0.15) is 42.7 Å². The molecule has 0 aromatic rings. The predicted octanol–water partition coefficient (Wildman–Crippen LogP) is -1.83. The fraction of sp³-hybridized carbons (Fsp3) is 0.905. The fourth-order valence-electron chi connectivity index (χ4n) is 4.14. The van der Waals surface area contributed by atoms with Gasteiger partial charge in [-0.3, -0.25) is 0 Å². The molecule has 0 unspecified atom stereocenters. The first-order chi connectivity index (χ1) is 14.9. The first-order valence-corrected chi connectivity index (χ1v) is 10.8. The molecular weight excluding hydrogens is 428 g/mol. The van der Waals surface area contributed by atoms with E-state index in [1.807, 2.05) is 6.92 Å². The predicted molar refractivity (Wildman–Crippen MR) is 108 cm³/mol. The number of ether oxygens (including phenoxy) is 5. The number of rotatable bonds is 7. The summed E-state index contributed by atoms with van der Waals surface area (Å²) in [5.74, 6) is 0. The van der Waals surface area contributed by atoms with Crippen molar-refractivity contribution in [1.29, 1.82) is 0 Å². The molecule has 0 saturated carbocycles.